The molecule has 0 fully saturated rings. The Labute approximate surface area is 243 Å². The summed E-state index contributed by atoms with van der Waals surface area (Å²) in [6.07, 6.45) is 7.90. The predicted molar refractivity (Wildman–Crippen MR) is 163 cm³/mol. The summed E-state index contributed by atoms with van der Waals surface area (Å²) < 4.78 is 11.5. The average molecular weight is 567 g/mol. The highest BCUT2D eigenvalue weighted by Crippen LogP contribution is 2.25. The van der Waals surface area contributed by atoms with Crippen LogP contribution in [0.15, 0.2) is 107 Å². The number of unbranched alkanes of at least 4 members (excludes halogenated alkanes) is 3. The summed E-state index contributed by atoms with van der Waals surface area (Å²) in [5.74, 6) is 2.37. The van der Waals surface area contributed by atoms with Crippen LogP contribution in [0.5, 0.6) is 23.0 Å². The number of nitrogens with zero attached hydrogens (tertiary/aromatic N) is 4. The molecule has 0 unspecified atom stereocenters. The summed E-state index contributed by atoms with van der Waals surface area (Å²) in [5, 5.41) is 21.5. The molecule has 0 saturated heterocycles. The lowest BCUT2D eigenvalue weighted by atomic mass is 10.2. The van der Waals surface area contributed by atoms with Crippen LogP contribution < -0.4 is 9.47 Å². The van der Waals surface area contributed by atoms with Gasteiger partial charge in [0.05, 0.1) is 9.85 Å². The number of benzene rings is 4. The van der Waals surface area contributed by atoms with Gasteiger partial charge in [0.25, 0.3) is 11.4 Å². The first-order chi connectivity index (χ1) is 20.5. The lowest BCUT2D eigenvalue weighted by Gasteiger charge is -2.05. The van der Waals surface area contributed by atoms with Crippen LogP contribution in [-0.4, -0.2) is 35.4 Å². The zero-order valence-electron chi connectivity index (χ0n) is 22.9. The Kier molecular flexibility index (Phi) is 10.9. The number of non-ortho nitro benzene ring substituents is 2. The quantitative estimate of drug-likeness (QED) is 0.0617. The Hall–Kier alpha value is -5.38. The molecule has 214 valence electrons. The van der Waals surface area contributed by atoms with Gasteiger partial charge in [0.1, 0.15) is 23.0 Å². The first kappa shape index (κ1) is 29.6. The van der Waals surface area contributed by atoms with E-state index in [1.807, 2.05) is 61.0 Å². The smallest absolute Gasteiger partial charge is 0.269 e. The third-order valence-corrected chi connectivity index (χ3v) is 6.13. The molecule has 42 heavy (non-hydrogen) atoms. The second-order valence-electron chi connectivity index (χ2n) is 9.33. The fourth-order valence-corrected chi connectivity index (χ4v) is 3.89. The Morgan fingerprint density at radius 3 is 1.12 bits per heavy atom. The van der Waals surface area contributed by atoms with Crippen molar-refractivity contribution in [2.75, 3.05) is 13.1 Å². The van der Waals surface area contributed by atoms with Crippen molar-refractivity contribution in [3.05, 3.63) is 128 Å². The van der Waals surface area contributed by atoms with E-state index in [1.165, 1.54) is 24.3 Å². The second kappa shape index (κ2) is 15.4. The fourth-order valence-electron chi connectivity index (χ4n) is 3.89. The number of ether oxygens (including phenoxy) is 2. The molecule has 0 heterocycles. The number of nitro benzene ring substituents is 2. The predicted octanol–water partition coefficient (Wildman–Crippen LogP) is 8.19. The van der Waals surface area contributed by atoms with Gasteiger partial charge in [0.15, 0.2) is 0 Å². The molecule has 4 rings (SSSR count). The van der Waals surface area contributed by atoms with Gasteiger partial charge in [-0.15, -0.1) is 0 Å². The Morgan fingerprint density at radius 2 is 0.810 bits per heavy atom. The second-order valence-corrected chi connectivity index (χ2v) is 9.33. The lowest BCUT2D eigenvalue weighted by molar-refractivity contribution is -0.385. The van der Waals surface area contributed by atoms with Crippen LogP contribution in [0.3, 0.4) is 0 Å². The van der Waals surface area contributed by atoms with Crippen LogP contribution in [-0.2, 0) is 0 Å². The van der Waals surface area contributed by atoms with Gasteiger partial charge in [0.2, 0.25) is 0 Å². The molecule has 0 saturated carbocycles. The fraction of sp³-hybridized carbons (Fsp3) is 0.188. The maximum absolute atomic E-state index is 10.7. The van der Waals surface area contributed by atoms with Gasteiger partial charge >= 0.3 is 0 Å². The van der Waals surface area contributed by atoms with Crippen molar-refractivity contribution >= 4 is 23.8 Å². The molecule has 10 nitrogen and oxygen atoms in total. The maximum atomic E-state index is 10.7. The molecular weight excluding hydrogens is 536 g/mol. The summed E-state index contributed by atoms with van der Waals surface area (Å²) in [6.45, 7) is 1.53. The number of aliphatic imine (C=N–C) groups is 2. The Morgan fingerprint density at radius 1 is 0.500 bits per heavy atom. The highest BCUT2D eigenvalue weighted by molar-refractivity contribution is 5.80. The largest absolute Gasteiger partial charge is 0.457 e. The van der Waals surface area contributed by atoms with Gasteiger partial charge in [0, 0.05) is 49.8 Å². The Balaban J connectivity index is 1.07. The minimum absolute atomic E-state index is 0.0254. The van der Waals surface area contributed by atoms with Crippen LogP contribution in [0.4, 0.5) is 11.4 Å². The highest BCUT2D eigenvalue weighted by Gasteiger charge is 2.06. The molecule has 0 spiro atoms. The molecule has 0 aliphatic rings. The third-order valence-electron chi connectivity index (χ3n) is 6.13. The summed E-state index contributed by atoms with van der Waals surface area (Å²) in [5.41, 5.74) is 2.01. The molecule has 0 amide bonds. The molecule has 0 aliphatic heterocycles. The van der Waals surface area contributed by atoms with E-state index in [0.717, 1.165) is 49.9 Å². The van der Waals surface area contributed by atoms with Gasteiger partial charge in [-0.3, -0.25) is 30.2 Å². The number of hydrogen-bond donors (Lipinski definition) is 0. The van der Waals surface area contributed by atoms with Crippen LogP contribution in [0, 0.1) is 20.2 Å². The first-order valence-electron chi connectivity index (χ1n) is 13.5. The van der Waals surface area contributed by atoms with Crippen LogP contribution in [0.2, 0.25) is 0 Å². The number of rotatable bonds is 15. The molecule has 0 N–H and O–H groups in total. The monoisotopic (exact) mass is 566 g/mol. The van der Waals surface area contributed by atoms with E-state index in [4.69, 9.17) is 9.47 Å². The van der Waals surface area contributed by atoms with Gasteiger partial charge < -0.3 is 9.47 Å². The zero-order chi connectivity index (χ0) is 29.6. The van der Waals surface area contributed by atoms with E-state index in [0.29, 0.717) is 23.0 Å². The molecule has 0 radical (unpaired) electrons. The third kappa shape index (κ3) is 9.67. The van der Waals surface area contributed by atoms with Crippen molar-refractivity contribution in [1.29, 1.82) is 0 Å². The molecule has 4 aromatic carbocycles. The van der Waals surface area contributed by atoms with Gasteiger partial charge in [-0.05, 0) is 96.8 Å². The van der Waals surface area contributed by atoms with Crippen molar-refractivity contribution in [3.8, 4) is 23.0 Å². The zero-order valence-corrected chi connectivity index (χ0v) is 22.9. The van der Waals surface area contributed by atoms with Crippen LogP contribution >= 0.6 is 0 Å². The number of hydrogen-bond acceptors (Lipinski definition) is 8. The Bertz CT molecular complexity index is 1380. The van der Waals surface area contributed by atoms with E-state index >= 15 is 0 Å². The van der Waals surface area contributed by atoms with Crippen molar-refractivity contribution in [1.82, 2.24) is 0 Å². The molecule has 0 atom stereocenters. The summed E-state index contributed by atoms with van der Waals surface area (Å²) in [4.78, 5) is 29.6. The maximum Gasteiger partial charge on any atom is 0.269 e. The molecule has 0 aliphatic carbocycles. The first-order valence-corrected chi connectivity index (χ1v) is 13.5. The van der Waals surface area contributed by atoms with Crippen LogP contribution in [0.1, 0.15) is 36.8 Å². The van der Waals surface area contributed by atoms with Crippen molar-refractivity contribution < 1.29 is 19.3 Å². The van der Waals surface area contributed by atoms with E-state index in [-0.39, 0.29) is 11.4 Å². The normalized spacial score (nSPS) is 11.1. The average Bonchev–Trinajstić information content (AvgIpc) is 3.00. The molecule has 4 aromatic rings. The van der Waals surface area contributed by atoms with Crippen molar-refractivity contribution in [2.24, 2.45) is 9.98 Å². The molecular formula is C32H30N4O6. The lowest BCUT2D eigenvalue weighted by Crippen LogP contribution is -1.90. The van der Waals surface area contributed by atoms with E-state index in [2.05, 4.69) is 9.98 Å². The van der Waals surface area contributed by atoms with E-state index in [1.54, 1.807) is 24.3 Å². The summed E-state index contributed by atoms with van der Waals surface area (Å²) in [6, 6.07) is 27.0. The standard InChI is InChI=1S/C32H30N4O6/c37-35(38)27-9-17-31(18-10-27)41-29-13-5-25(6-14-29)23-33-21-3-1-2-4-22-34-24-26-7-15-30(16-8-26)42-32-19-11-28(12-20-32)36(39)40/h5-20,23-24H,1-4,21-22H2. The van der Waals surface area contributed by atoms with Crippen molar-refractivity contribution in [2.45, 2.75) is 25.7 Å². The van der Waals surface area contributed by atoms with Crippen molar-refractivity contribution in [3.63, 3.8) is 0 Å². The topological polar surface area (TPSA) is 129 Å². The minimum atomic E-state index is -0.442. The van der Waals surface area contributed by atoms with Gasteiger partial charge in [-0.1, -0.05) is 12.8 Å². The molecule has 10 heteroatoms. The molecule has 0 aromatic heterocycles. The van der Waals surface area contributed by atoms with Gasteiger partial charge in [-0.25, -0.2) is 0 Å². The minimum Gasteiger partial charge on any atom is -0.457 e. The SMILES string of the molecule is O=[N+]([O-])c1ccc(Oc2ccc(C=NCCCCCCN=Cc3ccc(Oc4ccc([N+](=O)[O-])cc4)cc3)cc2)cc1. The van der Waals surface area contributed by atoms with Gasteiger partial charge in [-0.2, -0.15) is 0 Å². The van der Waals surface area contributed by atoms with E-state index in [9.17, 15) is 20.2 Å². The van der Waals surface area contributed by atoms with E-state index < -0.39 is 9.85 Å². The summed E-state index contributed by atoms with van der Waals surface area (Å²) >= 11 is 0. The van der Waals surface area contributed by atoms with Crippen LogP contribution in [0.25, 0.3) is 0 Å². The highest BCUT2D eigenvalue weighted by atomic mass is 16.6. The molecule has 0 bridgehead atoms. The summed E-state index contributed by atoms with van der Waals surface area (Å²) in [7, 11) is 0. The number of nitro groups is 2.